The third-order valence-corrected chi connectivity index (χ3v) is 17.1. The van der Waals surface area contributed by atoms with Gasteiger partial charge in [0.1, 0.15) is 23.9 Å². The smallest absolute Gasteiger partial charge is 0.348 e. The Balaban J connectivity index is 0.711. The molecule has 5 aliphatic heterocycles. The largest absolute Gasteiger partial charge is 0.508 e. The third-order valence-electron chi connectivity index (χ3n) is 16.8. The lowest BCUT2D eigenvalue weighted by Gasteiger charge is -2.54. The van der Waals surface area contributed by atoms with Crippen LogP contribution in [0.4, 0.5) is 11.5 Å². The van der Waals surface area contributed by atoms with Crippen molar-refractivity contribution in [1.29, 1.82) is 5.26 Å². The second kappa shape index (κ2) is 21.2. The van der Waals surface area contributed by atoms with Gasteiger partial charge in [-0.2, -0.15) is 20.3 Å². The fraction of sp³-hybridized carbons (Fsp3) is 0.431. The van der Waals surface area contributed by atoms with E-state index in [9.17, 15) is 29.9 Å². The van der Waals surface area contributed by atoms with Gasteiger partial charge in [-0.3, -0.25) is 19.4 Å². The first-order chi connectivity index (χ1) is 37.2. The number of rotatable bonds is 13. The Hall–Kier alpha value is -7.46. The van der Waals surface area contributed by atoms with E-state index < -0.39 is 5.69 Å². The van der Waals surface area contributed by atoms with Crippen molar-refractivity contribution in [3.63, 3.8) is 0 Å². The molecule has 4 aromatic carbocycles. The van der Waals surface area contributed by atoms with E-state index in [4.69, 9.17) is 26.3 Å². The summed E-state index contributed by atoms with van der Waals surface area (Å²) >= 11 is 6.82. The standard InChI is InChI=1S/C58H65ClN12O6/c1-5-51(74)70-25-24-68(31-41(70)16-20-60)53-43-17-21-67(48-11-7-9-38-8-6-10-46(59)52(38)48)32-47(43)61-56(62-53)77-33-42-26-39(30-65(42)4)55(75)69-34-58(35-69)18-22-66(23-19-58)29-37-12-14-40(15-13-37)71-54(63-64-57(71)76)45-27-44(36(2)3)49(72)28-50(45)73/h5-15,27-28,36,39,41-42,72-73H,1,16-19,21-26,29-35H2,2-4H3,(H,64,76)/t39-,41-,42-/m0/s1. The van der Waals surface area contributed by atoms with Gasteiger partial charge < -0.3 is 34.5 Å². The van der Waals surface area contributed by atoms with Crippen molar-refractivity contribution in [1.82, 2.24) is 44.3 Å². The summed E-state index contributed by atoms with van der Waals surface area (Å²) in [6.45, 7) is 15.3. The van der Waals surface area contributed by atoms with E-state index in [2.05, 4.69) is 71.6 Å². The van der Waals surface area contributed by atoms with Crippen LogP contribution in [-0.4, -0.2) is 151 Å². The van der Waals surface area contributed by atoms with Crippen molar-refractivity contribution in [2.75, 3.05) is 82.4 Å². The quantitative estimate of drug-likeness (QED) is 0.101. The number of phenolic OH excluding ortho intramolecular Hbond substituents is 2. The maximum Gasteiger partial charge on any atom is 0.348 e. The van der Waals surface area contributed by atoms with Crippen LogP contribution in [0.1, 0.15) is 67.8 Å². The predicted molar refractivity (Wildman–Crippen MR) is 294 cm³/mol. The van der Waals surface area contributed by atoms with E-state index in [1.165, 1.54) is 16.7 Å². The van der Waals surface area contributed by atoms with Crippen molar-refractivity contribution in [3.05, 3.63) is 123 Å². The minimum atomic E-state index is -0.433. The zero-order chi connectivity index (χ0) is 53.7. The summed E-state index contributed by atoms with van der Waals surface area (Å²) in [4.78, 5) is 63.1. The summed E-state index contributed by atoms with van der Waals surface area (Å²) in [7, 11) is 2.05. The van der Waals surface area contributed by atoms with Gasteiger partial charge in [-0.25, -0.2) is 14.5 Å². The number of nitriles is 1. The summed E-state index contributed by atoms with van der Waals surface area (Å²) in [5.41, 5.74) is 5.33. The molecule has 1 spiro atoms. The molecular formula is C58H65ClN12O6. The molecule has 5 aliphatic rings. The molecule has 400 valence electrons. The van der Waals surface area contributed by atoms with Crippen molar-refractivity contribution in [3.8, 4) is 40.7 Å². The van der Waals surface area contributed by atoms with Crippen LogP contribution >= 0.6 is 11.6 Å². The minimum Gasteiger partial charge on any atom is -0.508 e. The Morgan fingerprint density at radius 2 is 1.73 bits per heavy atom. The normalized spacial score (nSPS) is 20.6. The molecule has 77 heavy (non-hydrogen) atoms. The first-order valence-corrected chi connectivity index (χ1v) is 27.1. The lowest BCUT2D eigenvalue weighted by molar-refractivity contribution is -0.151. The number of H-pyrrole nitrogens is 1. The van der Waals surface area contributed by atoms with Gasteiger partial charge in [-0.15, -0.1) is 0 Å². The Morgan fingerprint density at radius 3 is 2.47 bits per heavy atom. The van der Waals surface area contributed by atoms with Crippen LogP contribution in [0, 0.1) is 22.7 Å². The lowest BCUT2D eigenvalue weighted by Crippen LogP contribution is -2.62. The van der Waals surface area contributed by atoms with Gasteiger partial charge in [-0.05, 0) is 105 Å². The number of carbonyl (C=O) groups excluding carboxylic acids is 2. The second-order valence-corrected chi connectivity index (χ2v) is 22.4. The second-order valence-electron chi connectivity index (χ2n) is 22.0. The number of aromatic amines is 1. The number of amides is 2. The first-order valence-electron chi connectivity index (χ1n) is 26.7. The number of phenols is 2. The maximum absolute atomic E-state index is 14.1. The lowest BCUT2D eigenvalue weighted by atomic mass is 9.71. The van der Waals surface area contributed by atoms with E-state index in [1.54, 1.807) is 11.0 Å². The molecule has 3 atom stereocenters. The highest BCUT2D eigenvalue weighted by atomic mass is 35.5. The van der Waals surface area contributed by atoms with Gasteiger partial charge >= 0.3 is 11.7 Å². The molecule has 0 bridgehead atoms. The molecule has 3 N–H and O–H groups in total. The first kappa shape index (κ1) is 51.6. The number of nitrogens with one attached hydrogen (secondary N) is 1. The SMILES string of the molecule is C=CC(=O)N1CCN(c2nc(OC[C@@H]3C[C@H](C(=O)N4CC5(CCN(Cc6ccc(-n7c(-c8cc(C(C)C)c(O)cc8O)n[nH]c7=O)cc6)CC5)C4)CN3C)nc3c2CCN(c2cccc4cccc(Cl)c24)C3)C[C@@H]1CC#N. The number of likely N-dealkylation sites (tertiary alicyclic amines) is 3. The van der Waals surface area contributed by atoms with E-state index in [-0.39, 0.29) is 70.9 Å². The van der Waals surface area contributed by atoms with Crippen molar-refractivity contribution in [2.24, 2.45) is 11.3 Å². The molecule has 4 saturated heterocycles. The van der Waals surface area contributed by atoms with Crippen molar-refractivity contribution < 1.29 is 24.5 Å². The highest BCUT2D eigenvalue weighted by Crippen LogP contribution is 2.43. The maximum atomic E-state index is 14.1. The molecule has 2 amide bonds. The van der Waals surface area contributed by atoms with Crippen molar-refractivity contribution in [2.45, 2.75) is 77.0 Å². The number of ether oxygens (including phenoxy) is 1. The van der Waals surface area contributed by atoms with Gasteiger partial charge in [0.15, 0.2) is 5.82 Å². The van der Waals surface area contributed by atoms with Gasteiger partial charge in [0.2, 0.25) is 11.8 Å². The number of benzene rings is 4. The highest BCUT2D eigenvalue weighted by molar-refractivity contribution is 6.36. The molecule has 2 aromatic heterocycles. The predicted octanol–water partition coefficient (Wildman–Crippen LogP) is 6.86. The number of piperazine rings is 1. The number of halogens is 1. The fourth-order valence-corrected chi connectivity index (χ4v) is 12.7. The Labute approximate surface area is 452 Å². The summed E-state index contributed by atoms with van der Waals surface area (Å²) in [5, 5.41) is 40.4. The molecule has 0 unspecified atom stereocenters. The Bertz CT molecular complexity index is 3330. The molecule has 0 radical (unpaired) electrons. The minimum absolute atomic E-state index is 0.00743. The summed E-state index contributed by atoms with van der Waals surface area (Å²) < 4.78 is 7.99. The van der Waals surface area contributed by atoms with Crippen LogP contribution in [0.15, 0.2) is 90.2 Å². The number of anilines is 2. The third kappa shape index (κ3) is 10.1. The van der Waals surface area contributed by atoms with Crippen LogP contribution in [0.2, 0.25) is 5.02 Å². The Morgan fingerprint density at radius 1 is 0.961 bits per heavy atom. The Kier molecular flexibility index (Phi) is 14.2. The van der Waals surface area contributed by atoms with E-state index >= 15 is 0 Å². The number of aromatic hydroxyl groups is 2. The molecule has 0 aliphatic carbocycles. The van der Waals surface area contributed by atoms with Crippen LogP contribution in [0.5, 0.6) is 17.5 Å². The van der Waals surface area contributed by atoms with Crippen LogP contribution in [0.25, 0.3) is 27.8 Å². The topological polar surface area (TPSA) is 204 Å². The molecular weight excluding hydrogens is 996 g/mol. The highest BCUT2D eigenvalue weighted by Gasteiger charge is 2.49. The number of piperidine rings is 1. The fourth-order valence-electron chi connectivity index (χ4n) is 12.5. The number of carbonyl (C=O) groups is 2. The number of nitrogens with zero attached hydrogens (tertiary/aromatic N) is 11. The average Bonchev–Trinajstić information content (AvgIpc) is 4.00. The summed E-state index contributed by atoms with van der Waals surface area (Å²) in [6.07, 6.45) is 4.86. The van der Waals surface area contributed by atoms with Crippen LogP contribution < -0.4 is 20.2 Å². The zero-order valence-electron chi connectivity index (χ0n) is 43.9. The molecule has 18 nitrogen and oxygen atoms in total. The van der Waals surface area contributed by atoms with E-state index in [0.717, 1.165) is 91.2 Å². The number of aromatic nitrogens is 5. The molecule has 6 aromatic rings. The van der Waals surface area contributed by atoms with Gasteiger partial charge in [0.25, 0.3) is 0 Å². The van der Waals surface area contributed by atoms with Gasteiger partial charge in [-0.1, -0.05) is 68.4 Å². The summed E-state index contributed by atoms with van der Waals surface area (Å²) in [6, 6.07) is 25.1. The van der Waals surface area contributed by atoms with Crippen LogP contribution in [0.3, 0.4) is 0 Å². The van der Waals surface area contributed by atoms with E-state index in [0.29, 0.717) is 74.0 Å². The molecule has 0 saturated carbocycles. The van der Waals surface area contributed by atoms with Gasteiger partial charge in [0.05, 0.1) is 53.0 Å². The average molecular weight is 1060 g/mol. The number of hydrogen-bond donors (Lipinski definition) is 3. The number of fused-ring (bicyclic) bond motifs is 2. The van der Waals surface area contributed by atoms with Crippen LogP contribution in [-0.2, 0) is 29.1 Å². The molecule has 4 fully saturated rings. The monoisotopic (exact) mass is 1060 g/mol. The molecule has 11 rings (SSSR count). The zero-order valence-corrected chi connectivity index (χ0v) is 44.6. The van der Waals surface area contributed by atoms with E-state index in [1.807, 2.05) is 57.3 Å². The molecule has 19 heteroatoms. The number of hydrogen-bond acceptors (Lipinski definition) is 14. The number of likely N-dealkylation sites (N-methyl/N-ethyl adjacent to an activating group) is 1. The molecule has 7 heterocycles. The van der Waals surface area contributed by atoms with Gasteiger partial charge in [0, 0.05) is 86.5 Å². The van der Waals surface area contributed by atoms with Crippen molar-refractivity contribution >= 4 is 45.7 Å². The summed E-state index contributed by atoms with van der Waals surface area (Å²) in [5.74, 6) is 0.718.